The number of sulfonamides is 1. The fourth-order valence-corrected chi connectivity index (χ4v) is 3.74. The average molecular weight is 334 g/mol. The van der Waals surface area contributed by atoms with Gasteiger partial charge in [0.05, 0.1) is 5.25 Å². The van der Waals surface area contributed by atoms with E-state index in [4.69, 9.17) is 0 Å². The first-order valence-corrected chi connectivity index (χ1v) is 9.15. The Morgan fingerprint density at radius 1 is 1.22 bits per heavy atom. The van der Waals surface area contributed by atoms with Crippen molar-refractivity contribution in [2.45, 2.75) is 38.0 Å². The summed E-state index contributed by atoms with van der Waals surface area (Å²) >= 11 is 0. The largest absolute Gasteiger partial charge is 0.228 e. The highest BCUT2D eigenvalue weighted by atomic mass is 32.2. The summed E-state index contributed by atoms with van der Waals surface area (Å²) in [5.74, 6) is -0.498. The third-order valence-corrected chi connectivity index (χ3v) is 6.06. The third kappa shape index (κ3) is 3.28. The molecule has 0 saturated carbocycles. The molecule has 1 atom stereocenters. The standard InChI is InChI=1S/C17H19FN2O2S/c1-11(2)23(21,22)20-15-9-12-5-6-13(8-14(12)10-15)16-4-3-7-19-17(16)18/h3-8,11,15,20H,9-10H2,1-2H3. The zero-order chi connectivity index (χ0) is 16.6. The van der Waals surface area contributed by atoms with Crippen molar-refractivity contribution in [3.05, 3.63) is 53.6 Å². The van der Waals surface area contributed by atoms with Gasteiger partial charge >= 0.3 is 0 Å². The first-order chi connectivity index (χ1) is 10.9. The summed E-state index contributed by atoms with van der Waals surface area (Å²) in [5, 5.41) is -0.453. The quantitative estimate of drug-likeness (QED) is 0.875. The third-order valence-electron chi connectivity index (χ3n) is 4.16. The van der Waals surface area contributed by atoms with Crippen LogP contribution >= 0.6 is 0 Å². The molecule has 1 aromatic heterocycles. The number of hydrogen-bond donors (Lipinski definition) is 1. The number of rotatable bonds is 4. The Hall–Kier alpha value is -1.79. The van der Waals surface area contributed by atoms with Gasteiger partial charge < -0.3 is 0 Å². The van der Waals surface area contributed by atoms with Crippen LogP contribution < -0.4 is 4.72 Å². The second-order valence-corrected chi connectivity index (χ2v) is 8.41. The van der Waals surface area contributed by atoms with Gasteiger partial charge in [-0.15, -0.1) is 0 Å². The van der Waals surface area contributed by atoms with Gasteiger partial charge in [-0.2, -0.15) is 4.39 Å². The predicted molar refractivity (Wildman–Crippen MR) is 88.0 cm³/mol. The monoisotopic (exact) mass is 334 g/mol. The lowest BCUT2D eigenvalue weighted by Crippen LogP contribution is -2.39. The van der Waals surface area contributed by atoms with Gasteiger partial charge in [0, 0.05) is 17.8 Å². The van der Waals surface area contributed by atoms with Crippen LogP contribution in [-0.2, 0) is 22.9 Å². The number of halogens is 1. The maximum Gasteiger partial charge on any atom is 0.220 e. The molecular weight excluding hydrogens is 315 g/mol. The van der Waals surface area contributed by atoms with Crippen LogP contribution in [-0.4, -0.2) is 24.7 Å². The van der Waals surface area contributed by atoms with Crippen molar-refractivity contribution < 1.29 is 12.8 Å². The van der Waals surface area contributed by atoms with E-state index in [9.17, 15) is 12.8 Å². The Kier molecular flexibility index (Phi) is 4.21. The van der Waals surface area contributed by atoms with E-state index < -0.39 is 21.2 Å². The lowest BCUT2D eigenvalue weighted by Gasteiger charge is -2.14. The summed E-state index contributed by atoms with van der Waals surface area (Å²) in [6, 6.07) is 8.99. The second-order valence-electron chi connectivity index (χ2n) is 6.14. The maximum absolute atomic E-state index is 13.8. The topological polar surface area (TPSA) is 59.1 Å². The molecule has 0 radical (unpaired) electrons. The molecule has 0 fully saturated rings. The van der Waals surface area contributed by atoms with E-state index in [0.717, 1.165) is 16.7 Å². The minimum Gasteiger partial charge on any atom is -0.228 e. The molecular formula is C17H19FN2O2S. The molecule has 0 spiro atoms. The van der Waals surface area contributed by atoms with Gasteiger partial charge in [-0.1, -0.05) is 18.2 Å². The number of nitrogens with zero attached hydrogens (tertiary/aromatic N) is 1. The van der Waals surface area contributed by atoms with E-state index in [1.165, 1.54) is 6.20 Å². The first kappa shape index (κ1) is 16.1. The van der Waals surface area contributed by atoms with E-state index in [1.807, 2.05) is 18.2 Å². The molecule has 1 heterocycles. The zero-order valence-electron chi connectivity index (χ0n) is 13.1. The summed E-state index contributed by atoms with van der Waals surface area (Å²) in [5.41, 5.74) is 3.39. The van der Waals surface area contributed by atoms with E-state index in [0.29, 0.717) is 18.4 Å². The number of benzene rings is 1. The number of aromatic nitrogens is 1. The van der Waals surface area contributed by atoms with Crippen molar-refractivity contribution >= 4 is 10.0 Å². The SMILES string of the molecule is CC(C)S(=O)(=O)NC1Cc2ccc(-c3cccnc3F)cc2C1. The van der Waals surface area contributed by atoms with Gasteiger partial charge in [-0.25, -0.2) is 18.1 Å². The molecule has 23 heavy (non-hydrogen) atoms. The van der Waals surface area contributed by atoms with Crippen molar-refractivity contribution in [2.75, 3.05) is 0 Å². The van der Waals surface area contributed by atoms with Crippen molar-refractivity contribution in [1.29, 1.82) is 0 Å². The summed E-state index contributed by atoms with van der Waals surface area (Å²) in [6.45, 7) is 3.32. The van der Waals surface area contributed by atoms with Crippen LogP contribution in [0, 0.1) is 5.95 Å². The molecule has 6 heteroatoms. The second kappa shape index (κ2) is 6.02. The molecule has 0 aliphatic heterocycles. The van der Waals surface area contributed by atoms with Crippen molar-refractivity contribution in [3.63, 3.8) is 0 Å². The van der Waals surface area contributed by atoms with Crippen LogP contribution in [0.15, 0.2) is 36.5 Å². The van der Waals surface area contributed by atoms with Gasteiger partial charge in [-0.05, 0) is 55.5 Å². The average Bonchev–Trinajstić information content (AvgIpc) is 2.88. The van der Waals surface area contributed by atoms with Crippen LogP contribution in [0.3, 0.4) is 0 Å². The molecule has 1 unspecified atom stereocenters. The molecule has 1 aromatic carbocycles. The highest BCUT2D eigenvalue weighted by Gasteiger charge is 2.27. The number of pyridine rings is 1. The van der Waals surface area contributed by atoms with Gasteiger partial charge in [0.1, 0.15) is 0 Å². The van der Waals surface area contributed by atoms with E-state index >= 15 is 0 Å². The fraction of sp³-hybridized carbons (Fsp3) is 0.353. The normalized spacial score (nSPS) is 17.5. The zero-order valence-corrected chi connectivity index (χ0v) is 13.9. The molecule has 4 nitrogen and oxygen atoms in total. The molecule has 1 N–H and O–H groups in total. The van der Waals surface area contributed by atoms with Crippen LogP contribution in [0.5, 0.6) is 0 Å². The predicted octanol–water partition coefficient (Wildman–Crippen LogP) is 2.68. The number of nitrogens with one attached hydrogen (secondary N) is 1. The van der Waals surface area contributed by atoms with Gasteiger partial charge in [0.2, 0.25) is 16.0 Å². The Balaban J connectivity index is 1.83. The Labute approximate surface area is 135 Å². The summed E-state index contributed by atoms with van der Waals surface area (Å²) in [6.07, 6.45) is 2.71. The van der Waals surface area contributed by atoms with Gasteiger partial charge in [0.25, 0.3) is 0 Å². The lowest BCUT2D eigenvalue weighted by atomic mass is 10.0. The number of hydrogen-bond acceptors (Lipinski definition) is 3. The summed E-state index contributed by atoms with van der Waals surface area (Å²) < 4.78 is 40.6. The minimum atomic E-state index is -3.29. The molecule has 2 aromatic rings. The van der Waals surface area contributed by atoms with E-state index in [1.54, 1.807) is 26.0 Å². The maximum atomic E-state index is 13.8. The highest BCUT2D eigenvalue weighted by Crippen LogP contribution is 2.29. The smallest absolute Gasteiger partial charge is 0.220 e. The first-order valence-electron chi connectivity index (χ1n) is 7.60. The van der Waals surface area contributed by atoms with Gasteiger partial charge in [0.15, 0.2) is 0 Å². The fourth-order valence-electron chi connectivity index (χ4n) is 2.84. The Bertz CT molecular complexity index is 834. The molecule has 0 amide bonds. The molecule has 0 saturated heterocycles. The Morgan fingerprint density at radius 3 is 2.65 bits per heavy atom. The molecule has 1 aliphatic rings. The van der Waals surface area contributed by atoms with Crippen molar-refractivity contribution in [1.82, 2.24) is 9.71 Å². The molecule has 3 rings (SSSR count). The van der Waals surface area contributed by atoms with Crippen molar-refractivity contribution in [3.8, 4) is 11.1 Å². The molecule has 0 bridgehead atoms. The summed E-state index contributed by atoms with van der Waals surface area (Å²) in [4.78, 5) is 3.67. The van der Waals surface area contributed by atoms with E-state index in [-0.39, 0.29) is 6.04 Å². The Morgan fingerprint density at radius 2 is 1.96 bits per heavy atom. The number of fused-ring (bicyclic) bond motifs is 1. The van der Waals surface area contributed by atoms with Crippen LogP contribution in [0.4, 0.5) is 4.39 Å². The van der Waals surface area contributed by atoms with E-state index in [2.05, 4.69) is 9.71 Å². The molecule has 122 valence electrons. The summed E-state index contributed by atoms with van der Waals surface area (Å²) in [7, 11) is -3.29. The van der Waals surface area contributed by atoms with Crippen molar-refractivity contribution in [2.24, 2.45) is 0 Å². The lowest BCUT2D eigenvalue weighted by molar-refractivity contribution is 0.547. The van der Waals surface area contributed by atoms with Gasteiger partial charge in [-0.3, -0.25) is 0 Å². The highest BCUT2D eigenvalue weighted by molar-refractivity contribution is 7.90. The van der Waals surface area contributed by atoms with Crippen LogP contribution in [0.2, 0.25) is 0 Å². The minimum absolute atomic E-state index is 0.133. The molecule has 1 aliphatic carbocycles. The van der Waals surface area contributed by atoms with Crippen LogP contribution in [0.1, 0.15) is 25.0 Å². The van der Waals surface area contributed by atoms with Crippen LogP contribution in [0.25, 0.3) is 11.1 Å².